The van der Waals surface area contributed by atoms with Crippen LogP contribution in [0.1, 0.15) is 41.2 Å². The fourth-order valence-corrected chi connectivity index (χ4v) is 5.87. The lowest BCUT2D eigenvalue weighted by molar-refractivity contribution is 0.102. The first-order chi connectivity index (χ1) is 16.0. The van der Waals surface area contributed by atoms with Crippen LogP contribution in [0.5, 0.6) is 11.5 Å². The van der Waals surface area contributed by atoms with Crippen molar-refractivity contribution in [3.63, 3.8) is 0 Å². The molecule has 1 N–H and O–H groups in total. The summed E-state index contributed by atoms with van der Waals surface area (Å²) in [7, 11) is -3.70. The van der Waals surface area contributed by atoms with Gasteiger partial charge in [0.1, 0.15) is 0 Å². The van der Waals surface area contributed by atoms with Gasteiger partial charge in [-0.3, -0.25) is 9.78 Å². The van der Waals surface area contributed by atoms with Crippen LogP contribution in [0.15, 0.2) is 71.9 Å². The second-order valence-corrected chi connectivity index (χ2v) is 9.85. The van der Waals surface area contributed by atoms with Crippen molar-refractivity contribution in [2.75, 3.05) is 18.7 Å². The molecule has 8 nitrogen and oxygen atoms in total. The Bertz CT molecular complexity index is 1260. The first-order valence-corrected chi connectivity index (χ1v) is 12.2. The van der Waals surface area contributed by atoms with Gasteiger partial charge in [-0.1, -0.05) is 12.5 Å². The zero-order chi connectivity index (χ0) is 22.8. The minimum absolute atomic E-state index is 0.134. The maximum Gasteiger partial charge on any atom is 0.255 e. The molecule has 1 saturated heterocycles. The van der Waals surface area contributed by atoms with Crippen molar-refractivity contribution in [3.8, 4) is 11.5 Å². The molecule has 33 heavy (non-hydrogen) atoms. The van der Waals surface area contributed by atoms with E-state index < -0.39 is 10.0 Å². The molecule has 1 fully saturated rings. The summed E-state index contributed by atoms with van der Waals surface area (Å²) in [6.45, 7) is 0.597. The van der Waals surface area contributed by atoms with Gasteiger partial charge in [0.15, 0.2) is 11.5 Å². The first kappa shape index (κ1) is 21.4. The highest BCUT2D eigenvalue weighted by Crippen LogP contribution is 2.35. The lowest BCUT2D eigenvalue weighted by Gasteiger charge is -2.34. The number of carbonyl (C=O) groups excluding carboxylic acids is 1. The van der Waals surface area contributed by atoms with E-state index in [9.17, 15) is 13.2 Å². The van der Waals surface area contributed by atoms with E-state index in [-0.39, 0.29) is 23.6 Å². The standard InChI is InChI=1S/C24H23N3O5S/c28-24(17-6-11-22-23(14-17)32-16-31-22)26-19-7-9-20(10-8-19)33(29,30)27-13-2-1-5-21(27)18-4-3-12-25-15-18/h3-4,6-12,14-15,21H,1-2,5,13,16H2,(H,26,28)/t21-/m1/s1. The number of fused-ring (bicyclic) bond motifs is 1. The lowest BCUT2D eigenvalue weighted by atomic mass is 9.99. The van der Waals surface area contributed by atoms with Gasteiger partial charge in [0, 0.05) is 30.2 Å². The minimum Gasteiger partial charge on any atom is -0.454 e. The number of nitrogens with one attached hydrogen (secondary N) is 1. The summed E-state index contributed by atoms with van der Waals surface area (Å²) in [5, 5.41) is 2.79. The molecule has 170 valence electrons. The van der Waals surface area contributed by atoms with Crippen molar-refractivity contribution in [2.45, 2.75) is 30.2 Å². The smallest absolute Gasteiger partial charge is 0.255 e. The van der Waals surface area contributed by atoms with Crippen molar-refractivity contribution in [2.24, 2.45) is 0 Å². The third-order valence-corrected chi connectivity index (χ3v) is 7.80. The highest BCUT2D eigenvalue weighted by atomic mass is 32.2. The van der Waals surface area contributed by atoms with Crippen LogP contribution in [0.25, 0.3) is 0 Å². The van der Waals surface area contributed by atoms with Crippen LogP contribution in [-0.4, -0.2) is 37.0 Å². The Morgan fingerprint density at radius 2 is 1.85 bits per heavy atom. The van der Waals surface area contributed by atoms with Gasteiger partial charge in [-0.05, 0) is 66.9 Å². The Balaban J connectivity index is 1.33. The average Bonchev–Trinajstić information content (AvgIpc) is 3.33. The summed E-state index contributed by atoms with van der Waals surface area (Å²) in [5.41, 5.74) is 1.82. The van der Waals surface area contributed by atoms with Crippen molar-refractivity contribution in [1.29, 1.82) is 0 Å². The molecular formula is C24H23N3O5S. The fourth-order valence-electron chi connectivity index (χ4n) is 4.19. The molecule has 5 rings (SSSR count). The second-order valence-electron chi connectivity index (χ2n) is 7.96. The number of carbonyl (C=O) groups is 1. The van der Waals surface area contributed by atoms with Gasteiger partial charge in [-0.25, -0.2) is 8.42 Å². The molecule has 1 atom stereocenters. The molecule has 0 unspecified atom stereocenters. The Hall–Kier alpha value is -3.43. The molecule has 9 heteroatoms. The maximum absolute atomic E-state index is 13.4. The van der Waals surface area contributed by atoms with Gasteiger partial charge < -0.3 is 14.8 Å². The summed E-state index contributed by atoms with van der Waals surface area (Å²) >= 11 is 0. The SMILES string of the molecule is O=C(Nc1ccc(S(=O)(=O)N2CCCC[C@@H]2c2cccnc2)cc1)c1ccc2c(c1)OCO2. The maximum atomic E-state index is 13.4. The van der Waals surface area contributed by atoms with Crippen LogP contribution in [0.3, 0.4) is 0 Å². The first-order valence-electron chi connectivity index (χ1n) is 10.8. The summed E-state index contributed by atoms with van der Waals surface area (Å²) in [6.07, 6.45) is 5.96. The predicted molar refractivity (Wildman–Crippen MR) is 122 cm³/mol. The number of hydrogen-bond acceptors (Lipinski definition) is 6. The number of hydrogen-bond donors (Lipinski definition) is 1. The number of anilines is 1. The van der Waals surface area contributed by atoms with Crippen LogP contribution < -0.4 is 14.8 Å². The largest absolute Gasteiger partial charge is 0.454 e. The zero-order valence-electron chi connectivity index (χ0n) is 17.8. The molecular weight excluding hydrogens is 442 g/mol. The van der Waals surface area contributed by atoms with Crippen molar-refractivity contribution >= 4 is 21.6 Å². The Morgan fingerprint density at radius 3 is 2.64 bits per heavy atom. The molecule has 0 aliphatic carbocycles. The molecule has 0 bridgehead atoms. The third-order valence-electron chi connectivity index (χ3n) is 5.88. The van der Waals surface area contributed by atoms with Crippen molar-refractivity contribution in [3.05, 3.63) is 78.1 Å². The summed E-state index contributed by atoms with van der Waals surface area (Å²) in [4.78, 5) is 17.0. The quantitative estimate of drug-likeness (QED) is 0.612. The number of nitrogens with zero attached hydrogens (tertiary/aromatic N) is 2. The molecule has 3 heterocycles. The van der Waals surface area contributed by atoms with Crippen molar-refractivity contribution in [1.82, 2.24) is 9.29 Å². The number of benzene rings is 2. The summed E-state index contributed by atoms with van der Waals surface area (Å²) in [5.74, 6) is 0.800. The Kier molecular flexibility index (Phi) is 5.74. The number of piperidine rings is 1. The molecule has 0 radical (unpaired) electrons. The molecule has 2 aliphatic heterocycles. The fraction of sp³-hybridized carbons (Fsp3) is 0.250. The van der Waals surface area contributed by atoms with Gasteiger partial charge in [-0.15, -0.1) is 0 Å². The number of pyridine rings is 1. The molecule has 0 saturated carbocycles. The summed E-state index contributed by atoms with van der Waals surface area (Å²) in [6, 6.07) is 14.7. The molecule has 2 aliphatic rings. The van der Waals surface area contributed by atoms with Gasteiger partial charge in [0.05, 0.1) is 10.9 Å². The number of amides is 1. The number of sulfonamides is 1. The van der Waals surface area contributed by atoms with E-state index in [1.807, 2.05) is 12.1 Å². The van der Waals surface area contributed by atoms with Crippen LogP contribution >= 0.6 is 0 Å². The van der Waals surface area contributed by atoms with Gasteiger partial charge in [0.2, 0.25) is 16.8 Å². The number of rotatable bonds is 5. The second kappa shape index (κ2) is 8.84. The Morgan fingerprint density at radius 1 is 1.03 bits per heavy atom. The van der Waals surface area contributed by atoms with E-state index in [1.54, 1.807) is 47.0 Å². The zero-order valence-corrected chi connectivity index (χ0v) is 18.6. The highest BCUT2D eigenvalue weighted by Gasteiger charge is 2.34. The average molecular weight is 466 g/mol. The lowest BCUT2D eigenvalue weighted by Crippen LogP contribution is -2.38. The molecule has 0 spiro atoms. The summed E-state index contributed by atoms with van der Waals surface area (Å²) < 4.78 is 39.0. The molecule has 3 aromatic rings. The van der Waals surface area contributed by atoms with Crippen LogP contribution in [0, 0.1) is 0 Å². The molecule has 1 aromatic heterocycles. The predicted octanol–water partition coefficient (Wildman–Crippen LogP) is 3.98. The van der Waals surface area contributed by atoms with Crippen LogP contribution in [0.2, 0.25) is 0 Å². The molecule has 1 amide bonds. The topological polar surface area (TPSA) is 97.8 Å². The Labute approximate surface area is 192 Å². The van der Waals surface area contributed by atoms with Gasteiger partial charge in [0.25, 0.3) is 5.91 Å². The van der Waals surface area contributed by atoms with Gasteiger partial charge in [-0.2, -0.15) is 4.31 Å². The van der Waals surface area contributed by atoms with Crippen molar-refractivity contribution < 1.29 is 22.7 Å². The number of aromatic nitrogens is 1. The van der Waals surface area contributed by atoms with Gasteiger partial charge >= 0.3 is 0 Å². The van der Waals surface area contributed by atoms with E-state index in [0.717, 1.165) is 24.8 Å². The minimum atomic E-state index is -3.70. The highest BCUT2D eigenvalue weighted by molar-refractivity contribution is 7.89. The van der Waals surface area contributed by atoms with E-state index in [2.05, 4.69) is 10.3 Å². The number of ether oxygens (including phenoxy) is 2. The van der Waals surface area contributed by atoms with E-state index in [1.165, 1.54) is 12.1 Å². The van der Waals surface area contributed by atoms with Crippen LogP contribution in [0.4, 0.5) is 5.69 Å². The van der Waals surface area contributed by atoms with E-state index >= 15 is 0 Å². The van der Waals surface area contributed by atoms with E-state index in [0.29, 0.717) is 29.3 Å². The molecule has 2 aromatic carbocycles. The normalized spacial score (nSPS) is 18.1. The van der Waals surface area contributed by atoms with E-state index in [4.69, 9.17) is 9.47 Å². The monoisotopic (exact) mass is 465 g/mol. The van der Waals surface area contributed by atoms with Crippen LogP contribution in [-0.2, 0) is 10.0 Å². The third kappa shape index (κ3) is 4.29.